The number of methoxy groups -OCH3 is 1. The Balaban J connectivity index is 1.16. The maximum absolute atomic E-state index is 13.8. The second kappa shape index (κ2) is 13.6. The van der Waals surface area contributed by atoms with Gasteiger partial charge in [0.25, 0.3) is 12.0 Å². The number of benzene rings is 2. The van der Waals surface area contributed by atoms with Gasteiger partial charge in [-0.25, -0.2) is 23.4 Å². The number of nitrogens with zero attached hydrogens (tertiary/aromatic N) is 5. The zero-order valence-electron chi connectivity index (χ0n) is 27.3. The molecule has 1 N–H and O–H groups in total. The SMILES string of the molecule is CCOC(=O)C1[C@H]2CN(Cc3ccc(-c4cccc(-c5cccc(Nc6nc(C(F)F)cc7cnn(C)c(=O)c67)c5Cl)c4Cl)nc3OC)C[C@@H]12. The summed E-state index contributed by atoms with van der Waals surface area (Å²) in [6.07, 6.45) is -1.53. The molecule has 2 aliphatic rings. The average molecular weight is 722 g/mol. The number of carbonyl (C=O) groups is 1. The van der Waals surface area contributed by atoms with Crippen molar-refractivity contribution in [2.75, 3.05) is 32.1 Å². The molecule has 1 aliphatic carbocycles. The molecule has 1 saturated carbocycles. The van der Waals surface area contributed by atoms with Crippen molar-refractivity contribution in [2.45, 2.75) is 19.9 Å². The summed E-state index contributed by atoms with van der Waals surface area (Å²) in [5, 5.41) is 7.91. The lowest BCUT2D eigenvalue weighted by Gasteiger charge is -2.20. The van der Waals surface area contributed by atoms with Crippen molar-refractivity contribution in [1.82, 2.24) is 24.6 Å². The minimum Gasteiger partial charge on any atom is -0.481 e. The summed E-state index contributed by atoms with van der Waals surface area (Å²) in [4.78, 5) is 36.3. The number of pyridine rings is 2. The average Bonchev–Trinajstić information content (AvgIpc) is 3.62. The van der Waals surface area contributed by atoms with Gasteiger partial charge in [0.1, 0.15) is 11.5 Å². The highest BCUT2D eigenvalue weighted by molar-refractivity contribution is 6.39. The molecule has 2 fully saturated rings. The number of hydrogen-bond acceptors (Lipinski definition) is 9. The number of nitrogens with one attached hydrogen (secondary N) is 1. The van der Waals surface area contributed by atoms with Crippen LogP contribution in [-0.2, 0) is 23.1 Å². The Kier molecular flexibility index (Phi) is 9.19. The van der Waals surface area contributed by atoms with E-state index in [0.717, 1.165) is 29.4 Å². The van der Waals surface area contributed by atoms with Gasteiger partial charge in [0.15, 0.2) is 0 Å². The Labute approximate surface area is 296 Å². The van der Waals surface area contributed by atoms with Crippen molar-refractivity contribution in [3.05, 3.63) is 92.5 Å². The summed E-state index contributed by atoms with van der Waals surface area (Å²) in [6, 6.07) is 15.7. The molecule has 14 heteroatoms. The van der Waals surface area contributed by atoms with Gasteiger partial charge >= 0.3 is 5.97 Å². The highest BCUT2D eigenvalue weighted by Gasteiger charge is 2.60. The number of fused-ring (bicyclic) bond motifs is 2. The number of aryl methyl sites for hydroxylation is 1. The number of esters is 1. The molecule has 3 atom stereocenters. The first-order valence-corrected chi connectivity index (χ1v) is 16.8. The molecule has 0 bridgehead atoms. The van der Waals surface area contributed by atoms with Gasteiger partial charge in [-0.05, 0) is 37.0 Å². The zero-order valence-corrected chi connectivity index (χ0v) is 28.8. The molecule has 1 saturated heterocycles. The second-order valence-electron chi connectivity index (χ2n) is 12.4. The number of likely N-dealkylation sites (tertiary alicyclic amines) is 1. The predicted molar refractivity (Wildman–Crippen MR) is 187 cm³/mol. The van der Waals surface area contributed by atoms with Gasteiger partial charge in [0.2, 0.25) is 5.88 Å². The van der Waals surface area contributed by atoms with Gasteiger partial charge in [-0.3, -0.25) is 14.5 Å². The number of halogens is 4. The molecule has 1 aliphatic heterocycles. The lowest BCUT2D eigenvalue weighted by Crippen LogP contribution is -2.26. The molecule has 1 unspecified atom stereocenters. The smallest absolute Gasteiger partial charge is 0.309 e. The lowest BCUT2D eigenvalue weighted by molar-refractivity contribution is -0.145. The van der Waals surface area contributed by atoms with Crippen molar-refractivity contribution in [3.8, 4) is 28.3 Å². The summed E-state index contributed by atoms with van der Waals surface area (Å²) in [5.41, 5.74) is 2.65. The number of carbonyl (C=O) groups excluding carboxylic acids is 1. The van der Waals surface area contributed by atoms with Crippen LogP contribution in [0.4, 0.5) is 20.3 Å². The Morgan fingerprint density at radius 1 is 1.02 bits per heavy atom. The summed E-state index contributed by atoms with van der Waals surface area (Å²) >= 11 is 14.0. The van der Waals surface area contributed by atoms with E-state index in [0.29, 0.717) is 64.0 Å². The van der Waals surface area contributed by atoms with E-state index >= 15 is 0 Å². The molecule has 0 spiro atoms. The first-order chi connectivity index (χ1) is 24.1. The lowest BCUT2D eigenvalue weighted by atomic mass is 10.00. The number of piperidine rings is 1. The van der Waals surface area contributed by atoms with E-state index in [1.165, 1.54) is 13.2 Å². The Hall–Kier alpha value is -4.65. The fraction of sp³-hybridized carbons (Fsp3) is 0.306. The topological polar surface area (TPSA) is 111 Å². The zero-order chi connectivity index (χ0) is 35.3. The van der Waals surface area contributed by atoms with Crippen LogP contribution >= 0.6 is 23.2 Å². The predicted octanol–water partition coefficient (Wildman–Crippen LogP) is 7.30. The summed E-state index contributed by atoms with van der Waals surface area (Å²) in [6.45, 7) is 4.49. The van der Waals surface area contributed by atoms with Gasteiger partial charge in [-0.15, -0.1) is 0 Å². The van der Waals surface area contributed by atoms with E-state index in [1.807, 2.05) is 37.3 Å². The third-order valence-corrected chi connectivity index (χ3v) is 10.2. The van der Waals surface area contributed by atoms with Crippen LogP contribution in [0.2, 0.25) is 10.0 Å². The molecule has 0 radical (unpaired) electrons. The van der Waals surface area contributed by atoms with E-state index in [4.69, 9.17) is 37.7 Å². The molecule has 50 heavy (non-hydrogen) atoms. The number of alkyl halides is 2. The van der Waals surface area contributed by atoms with Crippen LogP contribution in [0.1, 0.15) is 24.6 Å². The fourth-order valence-electron chi connectivity index (χ4n) is 6.87. The van der Waals surface area contributed by atoms with E-state index in [2.05, 4.69) is 20.3 Å². The van der Waals surface area contributed by atoms with Crippen molar-refractivity contribution < 1.29 is 23.0 Å². The largest absolute Gasteiger partial charge is 0.481 e. The first-order valence-electron chi connectivity index (χ1n) is 16.0. The van der Waals surface area contributed by atoms with E-state index in [9.17, 15) is 18.4 Å². The van der Waals surface area contributed by atoms with Crippen molar-refractivity contribution in [2.24, 2.45) is 24.8 Å². The number of hydrogen-bond donors (Lipinski definition) is 1. The fourth-order valence-corrected chi connectivity index (χ4v) is 7.47. The Morgan fingerprint density at radius 3 is 2.42 bits per heavy atom. The maximum atomic E-state index is 13.8. The van der Waals surface area contributed by atoms with Crippen LogP contribution in [0.15, 0.2) is 65.6 Å². The van der Waals surface area contributed by atoms with E-state index in [1.54, 1.807) is 25.3 Å². The van der Waals surface area contributed by atoms with Crippen LogP contribution in [0.5, 0.6) is 5.88 Å². The van der Waals surface area contributed by atoms with Crippen LogP contribution in [0.3, 0.4) is 0 Å². The minimum atomic E-state index is -2.87. The third kappa shape index (κ3) is 6.16. The Bertz CT molecular complexity index is 2190. The summed E-state index contributed by atoms with van der Waals surface area (Å²) in [7, 11) is 3.04. The molecule has 5 aromatic rings. The normalized spacial score (nSPS) is 18.4. The highest BCUT2D eigenvalue weighted by atomic mass is 35.5. The van der Waals surface area contributed by atoms with E-state index in [-0.39, 0.29) is 33.5 Å². The molecule has 7 rings (SSSR count). The standard InChI is InChI=1S/C36H32Cl2F2N6O4/c1-4-50-36(48)29-23-16-46(17-24(23)29)15-18-11-12-25(44-34(18)49-3)22-9-5-7-20(30(22)37)21-8-6-10-26(31(21)38)42-33-28-19(13-27(43-33)32(39)40)14-41-45(2)35(28)47/h5-14,23-24,29,32H,4,15-17H2,1-3H3,(H,42,43)/t23-,24+,29?. The molecular formula is C36H32Cl2F2N6O4. The first kappa shape index (κ1) is 33.8. The number of aromatic nitrogens is 4. The van der Waals surface area contributed by atoms with Gasteiger partial charge in [0, 0.05) is 54.3 Å². The molecular weight excluding hydrogens is 689 g/mol. The van der Waals surface area contributed by atoms with Crippen LogP contribution < -0.4 is 15.6 Å². The van der Waals surface area contributed by atoms with Gasteiger partial charge in [-0.2, -0.15) is 5.10 Å². The monoisotopic (exact) mass is 720 g/mol. The molecule has 3 aromatic heterocycles. The molecule has 10 nitrogen and oxygen atoms in total. The molecule has 258 valence electrons. The molecule has 0 amide bonds. The minimum absolute atomic E-state index is 0.00726. The Morgan fingerprint density at radius 2 is 1.72 bits per heavy atom. The van der Waals surface area contributed by atoms with Crippen LogP contribution in [0, 0.1) is 17.8 Å². The number of rotatable bonds is 10. The van der Waals surface area contributed by atoms with Crippen LogP contribution in [-0.4, -0.2) is 57.4 Å². The quantitative estimate of drug-likeness (QED) is 0.149. The van der Waals surface area contributed by atoms with Gasteiger partial charge < -0.3 is 14.8 Å². The van der Waals surface area contributed by atoms with Crippen molar-refractivity contribution >= 4 is 51.4 Å². The van der Waals surface area contributed by atoms with Crippen molar-refractivity contribution in [3.63, 3.8) is 0 Å². The third-order valence-electron chi connectivity index (χ3n) is 9.34. The summed E-state index contributed by atoms with van der Waals surface area (Å²) in [5.74, 6) is 0.982. The van der Waals surface area contributed by atoms with Gasteiger partial charge in [0.05, 0.1) is 52.6 Å². The van der Waals surface area contributed by atoms with Crippen LogP contribution in [0.25, 0.3) is 33.2 Å². The van der Waals surface area contributed by atoms with E-state index < -0.39 is 17.7 Å². The summed E-state index contributed by atoms with van der Waals surface area (Å²) < 4.78 is 39.5. The molecule has 2 aromatic carbocycles. The number of ether oxygens (including phenoxy) is 2. The highest BCUT2D eigenvalue weighted by Crippen LogP contribution is 2.52. The van der Waals surface area contributed by atoms with Crippen molar-refractivity contribution in [1.29, 1.82) is 0 Å². The second-order valence-corrected chi connectivity index (χ2v) is 13.1. The maximum Gasteiger partial charge on any atom is 0.309 e. The molecule has 4 heterocycles. The number of anilines is 2. The van der Waals surface area contributed by atoms with Gasteiger partial charge in [-0.1, -0.05) is 59.6 Å².